The van der Waals surface area contributed by atoms with Gasteiger partial charge in [0.1, 0.15) is 0 Å². The Morgan fingerprint density at radius 3 is 1.85 bits per heavy atom. The summed E-state index contributed by atoms with van der Waals surface area (Å²) in [5, 5.41) is 2.47. The monoisotopic (exact) mass is 512 g/mol. The zero-order valence-corrected chi connectivity index (χ0v) is 21.8. The Kier molecular flexibility index (Phi) is 5.24. The first-order valence-corrected chi connectivity index (χ1v) is 13.7. The van der Waals surface area contributed by atoms with E-state index in [-0.39, 0.29) is 6.92 Å². The van der Waals surface area contributed by atoms with Crippen molar-refractivity contribution >= 4 is 56.7 Å². The van der Waals surface area contributed by atoms with Gasteiger partial charge in [0.05, 0.1) is 16.8 Å². The molecule has 0 saturated carbocycles. The third kappa shape index (κ3) is 3.54. The van der Waals surface area contributed by atoms with E-state index in [9.17, 15) is 0 Å². The lowest BCUT2D eigenvalue weighted by molar-refractivity contribution is 0.591. The van der Waals surface area contributed by atoms with Crippen LogP contribution in [0.1, 0.15) is 0 Å². The topological polar surface area (TPSA) is 17.4 Å². The van der Waals surface area contributed by atoms with E-state index in [4.69, 9.17) is 4.65 Å². The highest BCUT2D eigenvalue weighted by Gasteiger charge is 2.35. The van der Waals surface area contributed by atoms with Crippen molar-refractivity contribution in [3.63, 3.8) is 0 Å². The summed E-state index contributed by atoms with van der Waals surface area (Å²) in [5.74, 6) is 0.868. The highest BCUT2D eigenvalue weighted by molar-refractivity contribution is 6.84. The second kappa shape index (κ2) is 9.21. The highest BCUT2D eigenvalue weighted by Crippen LogP contribution is 2.39. The molecule has 3 nitrogen and oxygen atoms in total. The first kappa shape index (κ1) is 22.7. The molecule has 0 amide bonds. The van der Waals surface area contributed by atoms with Crippen LogP contribution >= 0.6 is 0 Å². The van der Waals surface area contributed by atoms with Gasteiger partial charge in [-0.3, -0.25) is 0 Å². The number of benzene rings is 6. The van der Waals surface area contributed by atoms with Gasteiger partial charge in [-0.2, -0.15) is 0 Å². The van der Waals surface area contributed by atoms with Crippen molar-refractivity contribution in [2.75, 3.05) is 4.90 Å². The highest BCUT2D eigenvalue weighted by atomic mass is 16.4. The van der Waals surface area contributed by atoms with Gasteiger partial charge in [0, 0.05) is 33.5 Å². The number of hydrogen-bond acceptors (Lipinski definition) is 2. The van der Waals surface area contributed by atoms with Crippen LogP contribution < -0.4 is 20.5 Å². The minimum absolute atomic E-state index is 0.191. The average molecular weight is 512 g/mol. The van der Waals surface area contributed by atoms with E-state index < -0.39 is 0 Å². The molecule has 1 aromatic heterocycles. The first-order valence-electron chi connectivity index (χ1n) is 13.7. The van der Waals surface area contributed by atoms with E-state index in [1.165, 1.54) is 27.3 Å². The van der Waals surface area contributed by atoms with Crippen molar-refractivity contribution in [2.24, 2.45) is 0 Å². The second-order valence-electron chi connectivity index (χ2n) is 10.2. The lowest BCUT2D eigenvalue weighted by Gasteiger charge is -2.27. The third-order valence-corrected chi connectivity index (χ3v) is 7.83. The van der Waals surface area contributed by atoms with E-state index in [0.717, 1.165) is 34.0 Å². The Morgan fingerprint density at radius 2 is 1.12 bits per heavy atom. The summed E-state index contributed by atoms with van der Waals surface area (Å²) in [5.41, 5.74) is 9.26. The number of fused-ring (bicyclic) bond motifs is 5. The van der Waals surface area contributed by atoms with Crippen LogP contribution in [0, 0.1) is 0 Å². The molecule has 188 valence electrons. The van der Waals surface area contributed by atoms with Crippen molar-refractivity contribution in [2.45, 2.75) is 0 Å². The molecule has 6 aromatic carbocycles. The molecule has 0 spiro atoms. The zero-order valence-electron chi connectivity index (χ0n) is 21.8. The summed E-state index contributed by atoms with van der Waals surface area (Å²) in [6, 6.07) is 53.3. The minimum Gasteiger partial charge on any atom is -0.551 e. The Labute approximate surface area is 233 Å². The molecule has 0 fully saturated rings. The normalized spacial score (nSPS) is 11.9. The summed E-state index contributed by atoms with van der Waals surface area (Å²) in [6.07, 6.45) is 0. The Balaban J connectivity index is 1.39. The summed E-state index contributed by atoms with van der Waals surface area (Å²) in [4.78, 5) is 2.32. The fourth-order valence-electron chi connectivity index (χ4n) is 6.13. The maximum atomic E-state index is 6.68. The number of hydrogen-bond donors (Lipinski definition) is 0. The van der Waals surface area contributed by atoms with Crippen LogP contribution in [0.3, 0.4) is 0 Å². The maximum Gasteiger partial charge on any atom is 0.430 e. The molecule has 2 heterocycles. The van der Waals surface area contributed by atoms with Gasteiger partial charge in [-0.25, -0.2) is 0 Å². The van der Waals surface area contributed by atoms with Gasteiger partial charge >= 0.3 is 6.92 Å². The van der Waals surface area contributed by atoms with E-state index in [0.29, 0.717) is 0 Å². The van der Waals surface area contributed by atoms with Crippen LogP contribution in [0.2, 0.25) is 0 Å². The molecule has 0 bridgehead atoms. The van der Waals surface area contributed by atoms with Gasteiger partial charge in [-0.05, 0) is 65.5 Å². The molecule has 0 saturated heterocycles. The van der Waals surface area contributed by atoms with Crippen molar-refractivity contribution in [1.82, 2.24) is 4.57 Å². The Morgan fingerprint density at radius 1 is 0.500 bits per heavy atom. The lowest BCUT2D eigenvalue weighted by atomic mass is 9.53. The van der Waals surface area contributed by atoms with Gasteiger partial charge in [0.25, 0.3) is 0 Å². The molecular weight excluding hydrogens is 487 g/mol. The number of rotatable bonds is 5. The molecule has 0 N–H and O–H groups in total. The van der Waals surface area contributed by atoms with Crippen molar-refractivity contribution in [1.29, 1.82) is 0 Å². The van der Waals surface area contributed by atoms with Crippen LogP contribution in [-0.4, -0.2) is 11.5 Å². The van der Waals surface area contributed by atoms with E-state index in [2.05, 4.69) is 131 Å². The van der Waals surface area contributed by atoms with E-state index in [1.807, 2.05) is 30.3 Å². The molecule has 0 aliphatic carbocycles. The fourth-order valence-corrected chi connectivity index (χ4v) is 6.13. The van der Waals surface area contributed by atoms with Crippen LogP contribution in [0.4, 0.5) is 17.1 Å². The number of aromatic nitrogens is 1. The summed E-state index contributed by atoms with van der Waals surface area (Å²) in [6.45, 7) is -0.191. The van der Waals surface area contributed by atoms with Crippen LogP contribution in [0.25, 0.3) is 27.5 Å². The van der Waals surface area contributed by atoms with E-state index in [1.54, 1.807) is 0 Å². The minimum atomic E-state index is -0.191. The van der Waals surface area contributed by atoms with Crippen LogP contribution in [0.5, 0.6) is 5.75 Å². The van der Waals surface area contributed by atoms with Gasteiger partial charge < -0.3 is 14.1 Å². The van der Waals surface area contributed by atoms with Crippen LogP contribution in [-0.2, 0) is 0 Å². The zero-order chi connectivity index (χ0) is 26.5. The van der Waals surface area contributed by atoms with E-state index >= 15 is 0 Å². The first-order chi connectivity index (χ1) is 19.9. The molecule has 1 aliphatic rings. The molecule has 4 heteroatoms. The van der Waals surface area contributed by atoms with Gasteiger partial charge in [0.2, 0.25) is 0 Å². The maximum absolute atomic E-state index is 6.68. The summed E-state index contributed by atoms with van der Waals surface area (Å²) >= 11 is 0. The summed E-state index contributed by atoms with van der Waals surface area (Å²) in [7, 11) is 0. The summed E-state index contributed by atoms with van der Waals surface area (Å²) < 4.78 is 9.11. The number of nitrogens with zero attached hydrogens (tertiary/aromatic N) is 2. The Hall–Kier alpha value is -5.22. The van der Waals surface area contributed by atoms with Crippen LogP contribution in [0.15, 0.2) is 152 Å². The van der Waals surface area contributed by atoms with Crippen molar-refractivity contribution in [3.8, 4) is 11.4 Å². The quantitative estimate of drug-likeness (QED) is 0.220. The van der Waals surface area contributed by atoms with Gasteiger partial charge in [-0.1, -0.05) is 97.1 Å². The van der Waals surface area contributed by atoms with Crippen molar-refractivity contribution < 1.29 is 4.65 Å². The third-order valence-electron chi connectivity index (χ3n) is 7.83. The molecule has 40 heavy (non-hydrogen) atoms. The van der Waals surface area contributed by atoms with Crippen molar-refractivity contribution in [3.05, 3.63) is 152 Å². The molecular formula is C36H25BN2O. The molecule has 8 rings (SSSR count). The molecule has 7 aromatic rings. The largest absolute Gasteiger partial charge is 0.551 e. The second-order valence-corrected chi connectivity index (χ2v) is 10.2. The fraction of sp³-hybridized carbons (Fsp3) is 0. The number of anilines is 3. The lowest BCUT2D eigenvalue weighted by Crippen LogP contribution is -2.52. The molecule has 1 aliphatic heterocycles. The van der Waals surface area contributed by atoms with Gasteiger partial charge in [-0.15, -0.1) is 0 Å². The predicted molar refractivity (Wildman–Crippen MR) is 168 cm³/mol. The number of para-hydroxylation sites is 5. The Bertz CT molecular complexity index is 1950. The SMILES string of the molecule is c1ccc(OB2c3ccccc3-n3c4cc(N(c5ccccc5)c5ccccc5)ccc4c4cccc2c43)cc1. The smallest absolute Gasteiger partial charge is 0.430 e. The molecule has 0 radical (unpaired) electrons. The standard InChI is InChI=1S/C36H25BN2O/c1-4-13-26(14-5-1)38(27-15-6-2-7-16-27)28-23-24-30-31-19-12-21-33-36(31)39(35(30)25-28)34-22-11-10-20-32(34)37(33)40-29-17-8-3-9-18-29/h1-25H. The molecule has 0 atom stereocenters. The predicted octanol–water partition coefficient (Wildman–Crippen LogP) is 7.75. The average Bonchev–Trinajstić information content (AvgIpc) is 3.36. The van der Waals surface area contributed by atoms with Gasteiger partial charge in [0.15, 0.2) is 0 Å². The molecule has 0 unspecified atom stereocenters.